The van der Waals surface area contributed by atoms with E-state index in [1.165, 1.54) is 18.2 Å². The number of para-hydroxylation sites is 1. The highest BCUT2D eigenvalue weighted by Gasteiger charge is 2.19. The normalized spacial score (nSPS) is 10.5. The zero-order chi connectivity index (χ0) is 23.4. The predicted molar refractivity (Wildman–Crippen MR) is 124 cm³/mol. The molecule has 0 bridgehead atoms. The number of rotatable bonds is 6. The Kier molecular flexibility index (Phi) is 5.99. The van der Waals surface area contributed by atoms with Gasteiger partial charge in [-0.2, -0.15) is 0 Å². The maximum atomic E-state index is 12.7. The fraction of sp³-hybridized carbons (Fsp3) is 0.0400. The Morgan fingerprint density at radius 2 is 1.58 bits per heavy atom. The van der Waals surface area contributed by atoms with E-state index in [1.54, 1.807) is 60.7 Å². The van der Waals surface area contributed by atoms with Crippen molar-refractivity contribution in [1.29, 1.82) is 0 Å². The highest BCUT2D eigenvalue weighted by molar-refractivity contribution is 6.06. The van der Waals surface area contributed by atoms with E-state index in [2.05, 4.69) is 10.6 Å². The van der Waals surface area contributed by atoms with Crippen LogP contribution in [0.5, 0.6) is 0 Å². The molecule has 1 aromatic heterocycles. The second-order valence-corrected chi connectivity index (χ2v) is 7.24. The van der Waals surface area contributed by atoms with E-state index in [4.69, 9.17) is 4.42 Å². The summed E-state index contributed by atoms with van der Waals surface area (Å²) < 4.78 is 5.58. The van der Waals surface area contributed by atoms with Crippen molar-refractivity contribution in [3.05, 3.63) is 112 Å². The molecule has 4 rings (SSSR count). The third-order valence-electron chi connectivity index (χ3n) is 4.98. The Morgan fingerprint density at radius 1 is 0.848 bits per heavy atom. The Labute approximate surface area is 189 Å². The van der Waals surface area contributed by atoms with Gasteiger partial charge in [-0.25, -0.2) is 0 Å². The first-order chi connectivity index (χ1) is 15.9. The van der Waals surface area contributed by atoms with Gasteiger partial charge in [-0.3, -0.25) is 19.7 Å². The number of nitro groups is 1. The highest BCUT2D eigenvalue weighted by Crippen LogP contribution is 2.31. The van der Waals surface area contributed by atoms with Crippen LogP contribution in [-0.4, -0.2) is 16.7 Å². The quantitative estimate of drug-likeness (QED) is 0.296. The summed E-state index contributed by atoms with van der Waals surface area (Å²) in [6, 6.07) is 23.0. The van der Waals surface area contributed by atoms with E-state index < -0.39 is 10.8 Å². The lowest BCUT2D eigenvalue weighted by atomic mass is 10.1. The fourth-order valence-electron chi connectivity index (χ4n) is 3.26. The minimum Gasteiger partial charge on any atom is -0.451 e. The number of hydrogen-bond donors (Lipinski definition) is 2. The molecule has 8 nitrogen and oxygen atoms in total. The van der Waals surface area contributed by atoms with Crippen LogP contribution in [0.1, 0.15) is 26.5 Å². The van der Waals surface area contributed by atoms with Crippen LogP contribution in [0.4, 0.5) is 17.1 Å². The summed E-state index contributed by atoms with van der Waals surface area (Å²) in [6.45, 7) is 1.85. The molecular weight excluding hydrogens is 422 g/mol. The molecule has 0 unspecified atom stereocenters. The molecule has 3 aromatic carbocycles. The number of nitro benzene ring substituents is 1. The molecule has 0 saturated carbocycles. The summed E-state index contributed by atoms with van der Waals surface area (Å²) in [5.41, 5.74) is 2.52. The SMILES string of the molecule is Cc1ccc(NC(=O)c2ccc(-c3ccccc3[N+](=O)[O-])o2)cc1NC(=O)c1ccccc1. The van der Waals surface area contributed by atoms with E-state index in [9.17, 15) is 19.7 Å². The molecule has 8 heteroatoms. The van der Waals surface area contributed by atoms with Gasteiger partial charge in [0.2, 0.25) is 0 Å². The van der Waals surface area contributed by atoms with Crippen molar-refractivity contribution in [2.75, 3.05) is 10.6 Å². The van der Waals surface area contributed by atoms with E-state index in [0.29, 0.717) is 16.9 Å². The maximum absolute atomic E-state index is 12.7. The van der Waals surface area contributed by atoms with Gasteiger partial charge in [0.05, 0.1) is 10.5 Å². The molecule has 0 fully saturated rings. The van der Waals surface area contributed by atoms with Crippen molar-refractivity contribution < 1.29 is 18.9 Å². The molecule has 0 radical (unpaired) electrons. The smallest absolute Gasteiger partial charge is 0.291 e. The molecule has 0 aliphatic carbocycles. The Morgan fingerprint density at radius 3 is 2.33 bits per heavy atom. The van der Waals surface area contributed by atoms with Crippen molar-refractivity contribution in [2.24, 2.45) is 0 Å². The van der Waals surface area contributed by atoms with Gasteiger partial charge >= 0.3 is 0 Å². The standard InChI is InChI=1S/C25H19N3O5/c1-16-11-12-18(15-20(16)27-24(29)17-7-3-2-4-8-17)26-25(30)23-14-13-22(33-23)19-9-5-6-10-21(19)28(31)32/h2-15H,1H3,(H,26,30)(H,27,29). The molecule has 0 aliphatic heterocycles. The van der Waals surface area contributed by atoms with Gasteiger partial charge in [0.25, 0.3) is 17.5 Å². The van der Waals surface area contributed by atoms with Crippen LogP contribution >= 0.6 is 0 Å². The third kappa shape index (κ3) is 4.80. The third-order valence-corrected chi connectivity index (χ3v) is 4.98. The second kappa shape index (κ2) is 9.19. The van der Waals surface area contributed by atoms with Gasteiger partial charge < -0.3 is 15.1 Å². The lowest BCUT2D eigenvalue weighted by Gasteiger charge is -2.11. The first kappa shape index (κ1) is 21.5. The largest absolute Gasteiger partial charge is 0.451 e. The van der Waals surface area contributed by atoms with Gasteiger partial charge in [-0.15, -0.1) is 0 Å². The van der Waals surface area contributed by atoms with Crippen LogP contribution < -0.4 is 10.6 Å². The van der Waals surface area contributed by atoms with Crippen molar-refractivity contribution >= 4 is 28.9 Å². The molecule has 2 amide bonds. The summed E-state index contributed by atoms with van der Waals surface area (Å²) in [7, 11) is 0. The van der Waals surface area contributed by atoms with Crippen LogP contribution in [0.3, 0.4) is 0 Å². The Hall–Kier alpha value is -4.72. The van der Waals surface area contributed by atoms with Crippen molar-refractivity contribution in [3.63, 3.8) is 0 Å². The van der Waals surface area contributed by atoms with E-state index in [1.807, 2.05) is 13.0 Å². The average molecular weight is 441 g/mol. The van der Waals surface area contributed by atoms with Crippen LogP contribution in [-0.2, 0) is 0 Å². The zero-order valence-corrected chi connectivity index (χ0v) is 17.6. The topological polar surface area (TPSA) is 114 Å². The van der Waals surface area contributed by atoms with E-state index in [0.717, 1.165) is 5.56 Å². The molecule has 164 valence electrons. The van der Waals surface area contributed by atoms with Gasteiger partial charge in [0.15, 0.2) is 5.76 Å². The lowest BCUT2D eigenvalue weighted by Crippen LogP contribution is -2.14. The Bertz CT molecular complexity index is 1350. The van der Waals surface area contributed by atoms with Crippen LogP contribution in [0.15, 0.2) is 89.3 Å². The van der Waals surface area contributed by atoms with Crippen LogP contribution in [0.2, 0.25) is 0 Å². The molecule has 0 atom stereocenters. The number of anilines is 2. The molecule has 0 spiro atoms. The van der Waals surface area contributed by atoms with Crippen molar-refractivity contribution in [2.45, 2.75) is 6.92 Å². The number of carbonyl (C=O) groups excluding carboxylic acids is 2. The number of hydrogen-bond acceptors (Lipinski definition) is 5. The average Bonchev–Trinajstić information content (AvgIpc) is 3.32. The molecule has 0 aliphatic rings. The molecule has 33 heavy (non-hydrogen) atoms. The van der Waals surface area contributed by atoms with Crippen LogP contribution in [0, 0.1) is 17.0 Å². The Balaban J connectivity index is 1.51. The van der Waals surface area contributed by atoms with Gasteiger partial charge in [-0.05, 0) is 55.0 Å². The summed E-state index contributed by atoms with van der Waals surface area (Å²) in [6.07, 6.45) is 0. The van der Waals surface area contributed by atoms with Gasteiger partial charge in [0.1, 0.15) is 5.76 Å². The number of nitrogens with zero attached hydrogens (tertiary/aromatic N) is 1. The molecular formula is C25H19N3O5. The van der Waals surface area contributed by atoms with Gasteiger partial charge in [0, 0.05) is 23.0 Å². The fourth-order valence-corrected chi connectivity index (χ4v) is 3.26. The number of benzene rings is 3. The minimum absolute atomic E-state index is 0.00130. The predicted octanol–water partition coefficient (Wildman–Crippen LogP) is 5.67. The first-order valence-corrected chi connectivity index (χ1v) is 10.0. The van der Waals surface area contributed by atoms with Crippen LogP contribution in [0.25, 0.3) is 11.3 Å². The molecule has 0 saturated heterocycles. The molecule has 2 N–H and O–H groups in total. The monoisotopic (exact) mass is 441 g/mol. The van der Waals surface area contributed by atoms with Gasteiger partial charge in [-0.1, -0.05) is 36.4 Å². The van der Waals surface area contributed by atoms with Crippen molar-refractivity contribution in [3.8, 4) is 11.3 Å². The second-order valence-electron chi connectivity index (χ2n) is 7.24. The number of amides is 2. The summed E-state index contributed by atoms with van der Waals surface area (Å²) >= 11 is 0. The molecule has 1 heterocycles. The first-order valence-electron chi connectivity index (χ1n) is 10.0. The maximum Gasteiger partial charge on any atom is 0.291 e. The number of aryl methyl sites for hydroxylation is 1. The summed E-state index contributed by atoms with van der Waals surface area (Å²) in [4.78, 5) is 35.9. The number of furan rings is 1. The van der Waals surface area contributed by atoms with E-state index >= 15 is 0 Å². The highest BCUT2D eigenvalue weighted by atomic mass is 16.6. The zero-order valence-electron chi connectivity index (χ0n) is 17.6. The van der Waals surface area contributed by atoms with E-state index in [-0.39, 0.29) is 28.7 Å². The summed E-state index contributed by atoms with van der Waals surface area (Å²) in [5.74, 6) is -0.572. The lowest BCUT2D eigenvalue weighted by molar-refractivity contribution is -0.384. The molecule has 4 aromatic rings. The van der Waals surface area contributed by atoms with Crippen molar-refractivity contribution in [1.82, 2.24) is 0 Å². The number of carbonyl (C=O) groups is 2. The summed E-state index contributed by atoms with van der Waals surface area (Å²) in [5, 5.41) is 16.8. The minimum atomic E-state index is -0.524. The number of nitrogens with one attached hydrogen (secondary N) is 2.